The van der Waals surface area contributed by atoms with E-state index < -0.39 is 21.7 Å². The molecule has 0 bridgehead atoms. The largest absolute Gasteiger partial charge is 0.444 e. The van der Waals surface area contributed by atoms with Crippen LogP contribution in [0.5, 0.6) is 0 Å². The molecule has 0 fully saturated rings. The van der Waals surface area contributed by atoms with E-state index in [1.165, 1.54) is 11.1 Å². The van der Waals surface area contributed by atoms with Crippen molar-refractivity contribution < 1.29 is 22.7 Å². The first-order valence-corrected chi connectivity index (χ1v) is 13.5. The number of amides is 1. The monoisotopic (exact) mass is 568 g/mol. The SMILES string of the molecule is CN(CCOCCN(c1ccccc1)c1ncc2c(n1)c(Br)nn2S(C)(=O)=O)C(=O)OC(C)(C)C. The van der Waals surface area contributed by atoms with Crippen LogP contribution in [0.1, 0.15) is 20.8 Å². The summed E-state index contributed by atoms with van der Waals surface area (Å²) in [4.78, 5) is 24.4. The fourth-order valence-electron chi connectivity index (χ4n) is 3.06. The van der Waals surface area contributed by atoms with Crippen LogP contribution in [-0.4, -0.2) is 83.8 Å². The lowest BCUT2D eigenvalue weighted by Crippen LogP contribution is -2.36. The van der Waals surface area contributed by atoms with Crippen molar-refractivity contribution in [3.05, 3.63) is 41.1 Å². The molecule has 0 saturated carbocycles. The molecule has 0 aliphatic rings. The molecule has 3 rings (SSSR count). The Morgan fingerprint density at radius 3 is 2.43 bits per heavy atom. The molecule has 3 aromatic rings. The molecule has 0 atom stereocenters. The Labute approximate surface area is 213 Å². The number of aromatic nitrogens is 4. The van der Waals surface area contributed by atoms with Crippen LogP contribution in [0.2, 0.25) is 0 Å². The molecule has 0 unspecified atom stereocenters. The normalized spacial score (nSPS) is 12.1. The van der Waals surface area contributed by atoms with Crippen molar-refractivity contribution in [1.82, 2.24) is 24.1 Å². The smallest absolute Gasteiger partial charge is 0.410 e. The van der Waals surface area contributed by atoms with Gasteiger partial charge >= 0.3 is 6.09 Å². The molecule has 0 aliphatic heterocycles. The van der Waals surface area contributed by atoms with Crippen LogP contribution in [-0.2, 0) is 19.5 Å². The minimum atomic E-state index is -3.61. The Morgan fingerprint density at radius 2 is 1.80 bits per heavy atom. The number of nitrogens with zero attached hydrogens (tertiary/aromatic N) is 6. The number of carbonyl (C=O) groups excluding carboxylic acids is 1. The topological polar surface area (TPSA) is 120 Å². The van der Waals surface area contributed by atoms with Crippen LogP contribution in [0.25, 0.3) is 11.0 Å². The number of rotatable bonds is 9. The lowest BCUT2D eigenvalue weighted by molar-refractivity contribution is 0.0235. The van der Waals surface area contributed by atoms with Crippen molar-refractivity contribution >= 4 is 54.7 Å². The van der Waals surface area contributed by atoms with E-state index in [0.29, 0.717) is 42.4 Å². The third kappa shape index (κ3) is 7.12. The number of carbonyl (C=O) groups is 1. The third-order valence-electron chi connectivity index (χ3n) is 4.70. The number of hydrogen-bond donors (Lipinski definition) is 0. The van der Waals surface area contributed by atoms with Gasteiger partial charge in [-0.25, -0.2) is 23.2 Å². The van der Waals surface area contributed by atoms with E-state index in [1.54, 1.807) is 7.05 Å². The Bertz CT molecular complexity index is 1280. The number of para-hydroxylation sites is 1. The summed E-state index contributed by atoms with van der Waals surface area (Å²) in [5, 5.41) is 4.03. The van der Waals surface area contributed by atoms with Gasteiger partial charge in [-0.05, 0) is 48.8 Å². The number of anilines is 2. The van der Waals surface area contributed by atoms with Crippen molar-refractivity contribution in [2.45, 2.75) is 26.4 Å². The number of likely N-dealkylation sites (N-methyl/N-ethyl adjacent to an activating group) is 1. The van der Waals surface area contributed by atoms with E-state index in [4.69, 9.17) is 9.47 Å². The maximum absolute atomic E-state index is 12.1. The molecule has 0 saturated heterocycles. The Hall–Kier alpha value is -2.77. The first-order chi connectivity index (χ1) is 16.4. The van der Waals surface area contributed by atoms with Gasteiger partial charge in [0.15, 0.2) is 4.60 Å². The van der Waals surface area contributed by atoms with E-state index in [9.17, 15) is 13.2 Å². The summed E-state index contributed by atoms with van der Waals surface area (Å²) in [6, 6.07) is 9.53. The summed E-state index contributed by atoms with van der Waals surface area (Å²) in [5.74, 6) is 0.368. The highest BCUT2D eigenvalue weighted by atomic mass is 79.9. The first-order valence-electron chi connectivity index (χ1n) is 10.8. The Balaban J connectivity index is 1.71. The van der Waals surface area contributed by atoms with Gasteiger partial charge in [0.25, 0.3) is 10.0 Å². The summed E-state index contributed by atoms with van der Waals surface area (Å²) in [5.41, 5.74) is 0.933. The lowest BCUT2D eigenvalue weighted by atomic mass is 10.2. The van der Waals surface area contributed by atoms with Gasteiger partial charge in [0.1, 0.15) is 16.6 Å². The third-order valence-corrected chi connectivity index (χ3v) is 6.14. The molecule has 35 heavy (non-hydrogen) atoms. The van der Waals surface area contributed by atoms with E-state index in [2.05, 4.69) is 31.0 Å². The van der Waals surface area contributed by atoms with Crippen LogP contribution in [0, 0.1) is 0 Å². The average Bonchev–Trinajstić information content (AvgIpc) is 3.12. The maximum Gasteiger partial charge on any atom is 0.410 e. The fourth-order valence-corrected chi connectivity index (χ4v) is 4.34. The van der Waals surface area contributed by atoms with Crippen LogP contribution in [0.15, 0.2) is 41.1 Å². The number of hydrogen-bond acceptors (Lipinski definition) is 9. The van der Waals surface area contributed by atoms with Gasteiger partial charge < -0.3 is 19.3 Å². The average molecular weight is 569 g/mol. The predicted molar refractivity (Wildman–Crippen MR) is 136 cm³/mol. The molecule has 0 radical (unpaired) electrons. The van der Waals surface area contributed by atoms with Gasteiger partial charge in [-0.1, -0.05) is 18.2 Å². The zero-order valence-electron chi connectivity index (χ0n) is 20.3. The molecule has 1 aromatic carbocycles. The first kappa shape index (κ1) is 26.8. The Morgan fingerprint density at radius 1 is 1.14 bits per heavy atom. The molecule has 13 heteroatoms. The molecule has 190 valence electrons. The second-order valence-electron chi connectivity index (χ2n) is 8.80. The van der Waals surface area contributed by atoms with Gasteiger partial charge in [0, 0.05) is 25.8 Å². The zero-order valence-corrected chi connectivity index (χ0v) is 22.7. The summed E-state index contributed by atoms with van der Waals surface area (Å²) < 4.78 is 36.4. The standard InChI is InChI=1S/C22H29BrN6O5S/c1-22(2,3)34-21(30)27(4)11-13-33-14-12-28(16-9-7-6-8-10-16)20-24-15-17-18(25-20)19(23)26-29(17)35(5,31)32/h6-10,15H,11-14H2,1-5H3. The van der Waals surface area contributed by atoms with E-state index >= 15 is 0 Å². The summed E-state index contributed by atoms with van der Waals surface area (Å²) in [6.07, 6.45) is 2.09. The molecular weight excluding hydrogens is 540 g/mol. The highest BCUT2D eigenvalue weighted by molar-refractivity contribution is 9.10. The maximum atomic E-state index is 12.1. The summed E-state index contributed by atoms with van der Waals surface area (Å²) in [6.45, 7) is 6.91. The number of ether oxygens (including phenoxy) is 2. The molecular formula is C22H29BrN6O5S. The number of fused-ring (bicyclic) bond motifs is 1. The van der Waals surface area contributed by atoms with Crippen LogP contribution < -0.4 is 4.90 Å². The van der Waals surface area contributed by atoms with Crippen LogP contribution in [0.3, 0.4) is 0 Å². The molecule has 2 heterocycles. The molecule has 0 aliphatic carbocycles. The highest BCUT2D eigenvalue weighted by Gasteiger charge is 2.21. The van der Waals surface area contributed by atoms with E-state index in [0.717, 1.165) is 16.0 Å². The van der Waals surface area contributed by atoms with E-state index in [-0.39, 0.29) is 5.52 Å². The molecule has 2 aromatic heterocycles. The highest BCUT2D eigenvalue weighted by Crippen LogP contribution is 2.27. The van der Waals surface area contributed by atoms with Crippen molar-refractivity contribution in [3.8, 4) is 0 Å². The van der Waals surface area contributed by atoms with Gasteiger partial charge in [-0.2, -0.15) is 4.09 Å². The molecule has 1 amide bonds. The van der Waals surface area contributed by atoms with Crippen LogP contribution >= 0.6 is 15.9 Å². The molecule has 11 nitrogen and oxygen atoms in total. The Kier molecular flexibility index (Phi) is 8.34. The second kappa shape index (κ2) is 10.9. The zero-order chi connectivity index (χ0) is 25.8. The van der Waals surface area contributed by atoms with Crippen molar-refractivity contribution in [3.63, 3.8) is 0 Å². The van der Waals surface area contributed by atoms with Crippen molar-refractivity contribution in [2.75, 3.05) is 44.5 Å². The molecule has 0 spiro atoms. The van der Waals surface area contributed by atoms with Crippen LogP contribution in [0.4, 0.5) is 16.4 Å². The summed E-state index contributed by atoms with van der Waals surface area (Å²) >= 11 is 3.29. The summed E-state index contributed by atoms with van der Waals surface area (Å²) in [7, 11) is -1.95. The van der Waals surface area contributed by atoms with Gasteiger partial charge in [-0.3, -0.25) is 0 Å². The van der Waals surface area contributed by atoms with Crippen molar-refractivity contribution in [2.24, 2.45) is 0 Å². The second-order valence-corrected chi connectivity index (χ2v) is 11.4. The number of halogens is 1. The van der Waals surface area contributed by atoms with E-state index in [1.807, 2.05) is 56.0 Å². The van der Waals surface area contributed by atoms with Crippen molar-refractivity contribution in [1.29, 1.82) is 0 Å². The lowest BCUT2D eigenvalue weighted by Gasteiger charge is -2.25. The fraction of sp³-hybridized carbons (Fsp3) is 0.455. The van der Waals surface area contributed by atoms with Gasteiger partial charge in [0.2, 0.25) is 5.95 Å². The number of benzene rings is 1. The van der Waals surface area contributed by atoms with Gasteiger partial charge in [0.05, 0.1) is 25.7 Å². The quantitative estimate of drug-likeness (QED) is 0.357. The minimum absolute atomic E-state index is 0.276. The predicted octanol–water partition coefficient (Wildman–Crippen LogP) is 3.42. The minimum Gasteiger partial charge on any atom is -0.444 e. The van der Waals surface area contributed by atoms with Gasteiger partial charge in [-0.15, -0.1) is 5.10 Å². The molecule has 0 N–H and O–H groups in total.